The highest BCUT2D eigenvalue weighted by Crippen LogP contribution is 2.30. The normalized spacial score (nSPS) is 10.6. The highest BCUT2D eigenvalue weighted by Gasteiger charge is 2.16. The van der Waals surface area contributed by atoms with Gasteiger partial charge in [-0.05, 0) is 75.6 Å². The summed E-state index contributed by atoms with van der Waals surface area (Å²) < 4.78 is 2.07. The monoisotopic (exact) mass is 420 g/mol. The van der Waals surface area contributed by atoms with E-state index in [0.29, 0.717) is 0 Å². The number of ketones is 1. The van der Waals surface area contributed by atoms with Crippen molar-refractivity contribution >= 4 is 55.6 Å². The number of hydrogen-bond donors (Lipinski definition) is 0. The van der Waals surface area contributed by atoms with Gasteiger partial charge in [-0.15, -0.1) is 11.3 Å². The number of carbonyl (C=O) groups excluding carboxylic acids is 1. The van der Waals surface area contributed by atoms with Crippen LogP contribution in [-0.4, -0.2) is 5.78 Å². The number of thiophene rings is 1. The molecule has 0 N–H and O–H groups in total. The molecule has 2 aromatic rings. The Hall–Kier alpha value is -0.200. The van der Waals surface area contributed by atoms with E-state index in [4.69, 9.17) is 0 Å². The molecule has 0 amide bonds. The van der Waals surface area contributed by atoms with E-state index in [1.54, 1.807) is 0 Å². The van der Waals surface area contributed by atoms with Crippen molar-refractivity contribution < 1.29 is 4.79 Å². The van der Waals surface area contributed by atoms with Crippen LogP contribution < -0.4 is 0 Å². The van der Waals surface area contributed by atoms with Crippen molar-refractivity contribution in [2.24, 2.45) is 0 Å². The van der Waals surface area contributed by atoms with Crippen LogP contribution >= 0.6 is 49.9 Å². The van der Waals surface area contributed by atoms with Crippen LogP contribution in [0.15, 0.2) is 28.1 Å². The van der Waals surface area contributed by atoms with Gasteiger partial charge in [-0.3, -0.25) is 4.79 Å². The van der Waals surface area contributed by atoms with Crippen molar-refractivity contribution in [1.82, 2.24) is 0 Å². The Morgan fingerprint density at radius 2 is 2.00 bits per heavy atom. The summed E-state index contributed by atoms with van der Waals surface area (Å²) in [5, 5.41) is 0. The summed E-state index contributed by atoms with van der Waals surface area (Å²) in [5.41, 5.74) is 3.05. The Labute approximate surface area is 127 Å². The van der Waals surface area contributed by atoms with E-state index < -0.39 is 0 Å². The molecule has 2 rings (SSSR count). The highest BCUT2D eigenvalue weighted by atomic mass is 127. The second-order valence-electron chi connectivity index (χ2n) is 3.83. The van der Waals surface area contributed by atoms with E-state index in [1.807, 2.05) is 38.1 Å². The lowest BCUT2D eigenvalue weighted by atomic mass is 10.1. The van der Waals surface area contributed by atoms with Crippen molar-refractivity contribution in [2.45, 2.75) is 13.8 Å². The minimum atomic E-state index is 0.108. The molecule has 88 valence electrons. The van der Waals surface area contributed by atoms with Crippen molar-refractivity contribution in [3.05, 3.63) is 53.2 Å². The molecule has 1 aromatic heterocycles. The first-order valence-electron chi connectivity index (χ1n) is 5.06. The molecular weight excluding hydrogens is 411 g/mol. The summed E-state index contributed by atoms with van der Waals surface area (Å²) in [7, 11) is 0. The molecule has 0 saturated heterocycles. The quantitative estimate of drug-likeness (QED) is 0.495. The molecule has 0 bridgehead atoms. The summed E-state index contributed by atoms with van der Waals surface area (Å²) in [6, 6.07) is 7.78. The number of benzene rings is 1. The first-order valence-corrected chi connectivity index (χ1v) is 7.75. The molecule has 1 aromatic carbocycles. The molecule has 0 fully saturated rings. The molecule has 0 aliphatic heterocycles. The van der Waals surface area contributed by atoms with E-state index in [9.17, 15) is 4.79 Å². The number of rotatable bonds is 2. The lowest BCUT2D eigenvalue weighted by Crippen LogP contribution is -2.02. The topological polar surface area (TPSA) is 17.1 Å². The lowest BCUT2D eigenvalue weighted by molar-refractivity contribution is 0.104. The van der Waals surface area contributed by atoms with Crippen LogP contribution in [0.3, 0.4) is 0 Å². The maximum atomic E-state index is 12.4. The third-order valence-corrected chi connectivity index (χ3v) is 6.08. The number of halogens is 2. The van der Waals surface area contributed by atoms with Crippen molar-refractivity contribution in [3.63, 3.8) is 0 Å². The van der Waals surface area contributed by atoms with E-state index in [1.165, 1.54) is 11.3 Å². The molecule has 0 spiro atoms. The van der Waals surface area contributed by atoms with Gasteiger partial charge in [0.25, 0.3) is 0 Å². The second-order valence-corrected chi connectivity index (χ2v) is 7.28. The van der Waals surface area contributed by atoms with Crippen LogP contribution in [0.4, 0.5) is 0 Å². The molecule has 0 radical (unpaired) electrons. The largest absolute Gasteiger partial charge is 0.288 e. The molecule has 17 heavy (non-hydrogen) atoms. The zero-order valence-corrected chi connectivity index (χ0v) is 13.9. The SMILES string of the molecule is Cc1cc(C(=O)c2cccc(C)c2I)sc1Br. The van der Waals surface area contributed by atoms with Gasteiger partial charge in [-0.1, -0.05) is 12.1 Å². The van der Waals surface area contributed by atoms with E-state index in [-0.39, 0.29) is 5.78 Å². The highest BCUT2D eigenvalue weighted by molar-refractivity contribution is 14.1. The van der Waals surface area contributed by atoms with E-state index in [0.717, 1.165) is 28.9 Å². The lowest BCUT2D eigenvalue weighted by Gasteiger charge is -2.04. The van der Waals surface area contributed by atoms with Crippen LogP contribution in [0.5, 0.6) is 0 Å². The number of aryl methyl sites for hydroxylation is 2. The van der Waals surface area contributed by atoms with Gasteiger partial charge in [0.05, 0.1) is 8.66 Å². The minimum Gasteiger partial charge on any atom is -0.288 e. The van der Waals surface area contributed by atoms with E-state index in [2.05, 4.69) is 38.5 Å². The fourth-order valence-electron chi connectivity index (χ4n) is 1.53. The maximum absolute atomic E-state index is 12.4. The van der Waals surface area contributed by atoms with Gasteiger partial charge in [0.1, 0.15) is 0 Å². The standard InChI is InChI=1S/C13H10BrIOS/c1-7-4-3-5-9(11(7)15)12(16)10-6-8(2)13(14)17-10/h3-6H,1-2H3. The van der Waals surface area contributed by atoms with Crippen LogP contribution in [0.25, 0.3) is 0 Å². The van der Waals surface area contributed by atoms with Gasteiger partial charge in [0, 0.05) is 9.13 Å². The summed E-state index contributed by atoms with van der Waals surface area (Å²) in [4.78, 5) is 13.2. The van der Waals surface area contributed by atoms with Gasteiger partial charge >= 0.3 is 0 Å². The zero-order valence-electron chi connectivity index (χ0n) is 9.38. The average molecular weight is 421 g/mol. The Morgan fingerprint density at radius 3 is 2.59 bits per heavy atom. The smallest absolute Gasteiger partial charge is 0.204 e. The molecule has 0 saturated carbocycles. The van der Waals surface area contributed by atoms with Crippen LogP contribution in [0.1, 0.15) is 26.4 Å². The average Bonchev–Trinajstić information content (AvgIpc) is 2.62. The number of hydrogen-bond acceptors (Lipinski definition) is 2. The first kappa shape index (κ1) is 13.2. The van der Waals surface area contributed by atoms with Gasteiger partial charge in [0.2, 0.25) is 5.78 Å². The van der Waals surface area contributed by atoms with Gasteiger partial charge in [-0.25, -0.2) is 0 Å². The van der Waals surface area contributed by atoms with Crippen LogP contribution in [-0.2, 0) is 0 Å². The molecule has 0 atom stereocenters. The maximum Gasteiger partial charge on any atom is 0.204 e. The van der Waals surface area contributed by atoms with Gasteiger partial charge < -0.3 is 0 Å². The number of carbonyl (C=O) groups is 1. The van der Waals surface area contributed by atoms with Crippen molar-refractivity contribution in [3.8, 4) is 0 Å². The first-order chi connectivity index (χ1) is 8.00. The molecule has 4 heteroatoms. The fourth-order valence-corrected chi connectivity index (χ4v) is 3.62. The molecular formula is C13H10BrIOS. The molecule has 1 nitrogen and oxygen atoms in total. The summed E-state index contributed by atoms with van der Waals surface area (Å²) >= 11 is 7.18. The Bertz CT molecular complexity index is 570. The minimum absolute atomic E-state index is 0.108. The van der Waals surface area contributed by atoms with Crippen molar-refractivity contribution in [2.75, 3.05) is 0 Å². The Morgan fingerprint density at radius 1 is 1.29 bits per heavy atom. The van der Waals surface area contributed by atoms with Gasteiger partial charge in [0.15, 0.2) is 0 Å². The van der Waals surface area contributed by atoms with Crippen LogP contribution in [0, 0.1) is 17.4 Å². The van der Waals surface area contributed by atoms with Crippen molar-refractivity contribution in [1.29, 1.82) is 0 Å². The fraction of sp³-hybridized carbons (Fsp3) is 0.154. The third-order valence-electron chi connectivity index (χ3n) is 2.52. The Kier molecular flexibility index (Phi) is 4.05. The molecule has 0 aliphatic rings. The third kappa shape index (κ3) is 2.63. The predicted molar refractivity (Wildman–Crippen MR) is 84.1 cm³/mol. The van der Waals surface area contributed by atoms with Crippen LogP contribution in [0.2, 0.25) is 0 Å². The predicted octanol–water partition coefficient (Wildman–Crippen LogP) is 4.96. The molecule has 1 heterocycles. The Balaban J connectivity index is 2.47. The summed E-state index contributed by atoms with van der Waals surface area (Å²) in [6.07, 6.45) is 0. The van der Waals surface area contributed by atoms with Gasteiger partial charge in [-0.2, -0.15) is 0 Å². The summed E-state index contributed by atoms with van der Waals surface area (Å²) in [6.45, 7) is 4.02. The molecule has 0 aliphatic carbocycles. The summed E-state index contributed by atoms with van der Waals surface area (Å²) in [5.74, 6) is 0.108. The zero-order chi connectivity index (χ0) is 12.6. The van der Waals surface area contributed by atoms with E-state index >= 15 is 0 Å². The second kappa shape index (κ2) is 5.20. The molecule has 0 unspecified atom stereocenters.